The second-order valence-electron chi connectivity index (χ2n) is 5.07. The van der Waals surface area contributed by atoms with Crippen LogP contribution in [0.1, 0.15) is 39.8 Å². The van der Waals surface area contributed by atoms with E-state index >= 15 is 0 Å². The van der Waals surface area contributed by atoms with E-state index in [1.165, 1.54) is 11.4 Å². The number of nitrogens with zero attached hydrogens (tertiary/aromatic N) is 1. The summed E-state index contributed by atoms with van der Waals surface area (Å²) in [6.45, 7) is 0. The molecule has 0 bridgehead atoms. The highest BCUT2D eigenvalue weighted by molar-refractivity contribution is 7.89. The van der Waals surface area contributed by atoms with Gasteiger partial charge in [-0.3, -0.25) is 4.98 Å². The van der Waals surface area contributed by atoms with Crippen molar-refractivity contribution >= 4 is 27.3 Å². The summed E-state index contributed by atoms with van der Waals surface area (Å²) in [4.78, 5) is 15.2. The lowest BCUT2D eigenvalue weighted by Gasteiger charge is -2.24. The fourth-order valence-electron chi connectivity index (χ4n) is 2.55. The molecule has 0 radical (unpaired) electrons. The molecule has 1 aliphatic carbocycles. The Bertz CT molecular complexity index is 814. The number of nitrogens with one attached hydrogen (secondary N) is 1. The number of pyridine rings is 1. The van der Waals surface area contributed by atoms with Crippen molar-refractivity contribution in [1.82, 2.24) is 9.71 Å². The molecule has 0 fully saturated rings. The number of carbonyl (C=O) groups is 1. The topological polar surface area (TPSA) is 96.4 Å². The zero-order chi connectivity index (χ0) is 15.7. The number of carboxylic acid groups (broad SMARTS) is 1. The van der Waals surface area contributed by atoms with E-state index < -0.39 is 16.0 Å². The van der Waals surface area contributed by atoms with Crippen molar-refractivity contribution in [2.45, 2.75) is 30.2 Å². The van der Waals surface area contributed by atoms with E-state index in [9.17, 15) is 13.2 Å². The van der Waals surface area contributed by atoms with Crippen molar-refractivity contribution in [3.05, 3.63) is 45.9 Å². The quantitative estimate of drug-likeness (QED) is 0.891. The van der Waals surface area contributed by atoms with Gasteiger partial charge in [-0.2, -0.15) is 0 Å². The molecular weight excluding hydrogens is 324 g/mol. The fourth-order valence-corrected chi connectivity index (χ4v) is 4.90. The first-order valence-electron chi connectivity index (χ1n) is 6.75. The number of aromatic nitrogens is 1. The number of sulfonamides is 1. The summed E-state index contributed by atoms with van der Waals surface area (Å²) >= 11 is 0.898. The standard InChI is InChI=1S/C14H14N2O4S2/c17-14(18)12-7-10(8-21-12)22(19,20)16-11-5-1-3-9-4-2-6-15-13(9)11/h2,4,6-8,11,16H,1,3,5H2,(H,17,18)/t11-/m0/s1. The van der Waals surface area contributed by atoms with Gasteiger partial charge in [-0.25, -0.2) is 17.9 Å². The number of aryl methyl sites for hydroxylation is 1. The normalized spacial score (nSPS) is 17.9. The Balaban J connectivity index is 1.87. The molecule has 0 aliphatic heterocycles. The molecule has 2 aromatic heterocycles. The van der Waals surface area contributed by atoms with Gasteiger partial charge in [0, 0.05) is 11.6 Å². The smallest absolute Gasteiger partial charge is 0.345 e. The summed E-state index contributed by atoms with van der Waals surface area (Å²) in [7, 11) is -3.76. The van der Waals surface area contributed by atoms with Gasteiger partial charge in [-0.1, -0.05) is 6.07 Å². The highest BCUT2D eigenvalue weighted by Crippen LogP contribution is 2.30. The summed E-state index contributed by atoms with van der Waals surface area (Å²) in [6, 6.07) is 4.60. The molecule has 22 heavy (non-hydrogen) atoms. The number of rotatable bonds is 4. The van der Waals surface area contributed by atoms with Crippen molar-refractivity contribution < 1.29 is 18.3 Å². The highest BCUT2D eigenvalue weighted by atomic mass is 32.2. The third kappa shape index (κ3) is 2.90. The molecule has 0 unspecified atom stereocenters. The molecule has 1 atom stereocenters. The lowest BCUT2D eigenvalue weighted by molar-refractivity contribution is 0.0702. The van der Waals surface area contributed by atoms with Crippen molar-refractivity contribution in [3.8, 4) is 0 Å². The van der Waals surface area contributed by atoms with Gasteiger partial charge in [-0.05, 0) is 37.0 Å². The van der Waals surface area contributed by atoms with Gasteiger partial charge in [0.15, 0.2) is 0 Å². The zero-order valence-electron chi connectivity index (χ0n) is 11.5. The SMILES string of the molecule is O=C(O)c1cc(S(=O)(=O)N[C@H]2CCCc3cccnc32)cs1. The summed E-state index contributed by atoms with van der Waals surface area (Å²) in [5, 5.41) is 10.2. The monoisotopic (exact) mass is 338 g/mol. The van der Waals surface area contributed by atoms with Crippen LogP contribution in [0.5, 0.6) is 0 Å². The molecule has 116 valence electrons. The van der Waals surface area contributed by atoms with E-state index in [1.54, 1.807) is 6.20 Å². The largest absolute Gasteiger partial charge is 0.477 e. The van der Waals surface area contributed by atoms with Gasteiger partial charge in [0.1, 0.15) is 4.88 Å². The minimum Gasteiger partial charge on any atom is -0.477 e. The maximum absolute atomic E-state index is 12.4. The molecular formula is C14H14N2O4S2. The van der Waals surface area contributed by atoms with E-state index in [4.69, 9.17) is 5.11 Å². The van der Waals surface area contributed by atoms with Crippen LogP contribution in [0, 0.1) is 0 Å². The Labute approximate surface area is 131 Å². The molecule has 2 heterocycles. The predicted molar refractivity (Wildman–Crippen MR) is 81.5 cm³/mol. The number of hydrogen-bond acceptors (Lipinski definition) is 5. The van der Waals surface area contributed by atoms with E-state index in [1.807, 2.05) is 12.1 Å². The first kappa shape index (κ1) is 15.1. The highest BCUT2D eigenvalue weighted by Gasteiger charge is 2.27. The Morgan fingerprint density at radius 1 is 1.45 bits per heavy atom. The van der Waals surface area contributed by atoms with Crippen LogP contribution >= 0.6 is 11.3 Å². The maximum Gasteiger partial charge on any atom is 0.345 e. The van der Waals surface area contributed by atoms with E-state index in [2.05, 4.69) is 9.71 Å². The van der Waals surface area contributed by atoms with Crippen LogP contribution in [0.4, 0.5) is 0 Å². The van der Waals surface area contributed by atoms with Gasteiger partial charge in [-0.15, -0.1) is 11.3 Å². The predicted octanol–water partition coefficient (Wildman–Crippen LogP) is 2.20. The van der Waals surface area contributed by atoms with E-state index in [-0.39, 0.29) is 15.8 Å². The van der Waals surface area contributed by atoms with Gasteiger partial charge >= 0.3 is 5.97 Å². The summed E-state index contributed by atoms with van der Waals surface area (Å²) in [5.74, 6) is -1.13. The Hall–Kier alpha value is -1.77. The van der Waals surface area contributed by atoms with Crippen LogP contribution in [-0.2, 0) is 16.4 Å². The van der Waals surface area contributed by atoms with Gasteiger partial charge < -0.3 is 5.11 Å². The summed E-state index contributed by atoms with van der Waals surface area (Å²) < 4.78 is 27.5. The average molecular weight is 338 g/mol. The van der Waals surface area contributed by atoms with Crippen LogP contribution < -0.4 is 4.72 Å². The van der Waals surface area contributed by atoms with Crippen LogP contribution in [0.2, 0.25) is 0 Å². The van der Waals surface area contributed by atoms with Crippen LogP contribution in [0.25, 0.3) is 0 Å². The molecule has 0 amide bonds. The second kappa shape index (κ2) is 5.79. The van der Waals surface area contributed by atoms with Gasteiger partial charge in [0.05, 0.1) is 16.6 Å². The third-order valence-electron chi connectivity index (χ3n) is 3.59. The summed E-state index contributed by atoms with van der Waals surface area (Å²) in [5.41, 5.74) is 1.81. The number of hydrogen-bond donors (Lipinski definition) is 2. The minimum atomic E-state index is -3.76. The second-order valence-corrected chi connectivity index (χ2v) is 7.69. The molecule has 3 rings (SSSR count). The first-order valence-corrected chi connectivity index (χ1v) is 9.11. The maximum atomic E-state index is 12.4. The molecule has 0 saturated carbocycles. The van der Waals surface area contributed by atoms with Crippen molar-refractivity contribution in [2.75, 3.05) is 0 Å². The third-order valence-corrected chi connectivity index (χ3v) is 6.11. The summed E-state index contributed by atoms with van der Waals surface area (Å²) in [6.07, 6.45) is 4.11. The van der Waals surface area contributed by atoms with Crippen LogP contribution in [-0.4, -0.2) is 24.5 Å². The van der Waals surface area contributed by atoms with Crippen LogP contribution in [0.3, 0.4) is 0 Å². The molecule has 1 aliphatic rings. The fraction of sp³-hybridized carbons (Fsp3) is 0.286. The zero-order valence-corrected chi connectivity index (χ0v) is 13.2. The number of fused-ring (bicyclic) bond motifs is 1. The molecule has 0 aromatic carbocycles. The lowest BCUT2D eigenvalue weighted by atomic mass is 9.93. The number of thiophene rings is 1. The average Bonchev–Trinajstić information content (AvgIpc) is 2.98. The molecule has 0 spiro atoms. The molecule has 8 heteroatoms. The van der Waals surface area contributed by atoms with Crippen molar-refractivity contribution in [1.29, 1.82) is 0 Å². The molecule has 0 saturated heterocycles. The molecule has 2 N–H and O–H groups in total. The number of carboxylic acids is 1. The Kier molecular flexibility index (Phi) is 3.98. The minimum absolute atomic E-state index is 0.00236. The Morgan fingerprint density at radius 3 is 3.00 bits per heavy atom. The molecule has 6 nitrogen and oxygen atoms in total. The van der Waals surface area contributed by atoms with Gasteiger partial charge in [0.25, 0.3) is 0 Å². The molecule has 2 aromatic rings. The van der Waals surface area contributed by atoms with Crippen molar-refractivity contribution in [3.63, 3.8) is 0 Å². The van der Waals surface area contributed by atoms with Gasteiger partial charge in [0.2, 0.25) is 10.0 Å². The first-order chi connectivity index (χ1) is 10.5. The van der Waals surface area contributed by atoms with E-state index in [0.29, 0.717) is 6.42 Å². The van der Waals surface area contributed by atoms with E-state index in [0.717, 1.165) is 35.4 Å². The Morgan fingerprint density at radius 2 is 2.27 bits per heavy atom. The number of aromatic carboxylic acids is 1. The van der Waals surface area contributed by atoms with Crippen molar-refractivity contribution in [2.24, 2.45) is 0 Å². The lowest BCUT2D eigenvalue weighted by Crippen LogP contribution is -2.31. The van der Waals surface area contributed by atoms with Crippen LogP contribution in [0.15, 0.2) is 34.7 Å².